The summed E-state index contributed by atoms with van der Waals surface area (Å²) < 4.78 is 0. The molecule has 1 aromatic carbocycles. The average Bonchev–Trinajstić information content (AvgIpc) is 2.22. The Labute approximate surface area is 109 Å². The second-order valence-corrected chi connectivity index (χ2v) is 5.09. The Kier molecular flexibility index (Phi) is 3.40. The molecule has 90 valence electrons. The third-order valence-corrected chi connectivity index (χ3v) is 3.43. The van der Waals surface area contributed by atoms with Crippen molar-refractivity contribution < 1.29 is 9.59 Å². The van der Waals surface area contributed by atoms with Gasteiger partial charge in [-0.2, -0.15) is 0 Å². The molecule has 1 heterocycles. The normalized spacial score (nSPS) is 24.6. The molecule has 0 aromatic heterocycles. The van der Waals surface area contributed by atoms with Crippen molar-refractivity contribution in [1.82, 2.24) is 5.32 Å². The number of hydrogen-bond donors (Lipinski definition) is 1. The maximum absolute atomic E-state index is 11.6. The molecule has 2 amide bonds. The molecule has 1 aliphatic heterocycles. The van der Waals surface area contributed by atoms with E-state index in [1.807, 2.05) is 0 Å². The number of nitrogens with one attached hydrogen (secondary N) is 1. The molecule has 1 aromatic rings. The monoisotopic (exact) mass is 271 g/mol. The number of piperidine rings is 1. The van der Waals surface area contributed by atoms with Crippen molar-refractivity contribution >= 4 is 35.0 Å². The molecule has 2 atom stereocenters. The lowest BCUT2D eigenvalue weighted by molar-refractivity contribution is -0.136. The number of hydrogen-bond acceptors (Lipinski definition) is 2. The minimum Gasteiger partial charge on any atom is -0.296 e. The number of amides is 2. The van der Waals surface area contributed by atoms with Gasteiger partial charge < -0.3 is 0 Å². The predicted molar refractivity (Wildman–Crippen MR) is 66.1 cm³/mol. The molecule has 17 heavy (non-hydrogen) atoms. The van der Waals surface area contributed by atoms with Crippen molar-refractivity contribution in [2.75, 3.05) is 0 Å². The molecule has 5 heteroatoms. The van der Waals surface area contributed by atoms with Crippen molar-refractivity contribution in [3.05, 3.63) is 33.8 Å². The van der Waals surface area contributed by atoms with Gasteiger partial charge in [0.05, 0.1) is 0 Å². The van der Waals surface area contributed by atoms with Crippen LogP contribution in [0.5, 0.6) is 0 Å². The van der Waals surface area contributed by atoms with Gasteiger partial charge in [-0.25, -0.2) is 0 Å². The van der Waals surface area contributed by atoms with Gasteiger partial charge in [-0.3, -0.25) is 14.9 Å². The molecule has 0 bridgehead atoms. The molecule has 3 nitrogen and oxygen atoms in total. The molecular formula is C12H11Cl2NO2. The van der Waals surface area contributed by atoms with E-state index < -0.39 is 0 Å². The highest BCUT2D eigenvalue weighted by Gasteiger charge is 2.33. The van der Waals surface area contributed by atoms with E-state index in [-0.39, 0.29) is 30.1 Å². The molecule has 1 N–H and O–H groups in total. The number of imide groups is 1. The molecule has 0 saturated carbocycles. The smallest absolute Gasteiger partial charge is 0.230 e. The molecular weight excluding hydrogens is 261 g/mol. The Bertz CT molecular complexity index is 467. The van der Waals surface area contributed by atoms with Crippen LogP contribution in [0.1, 0.15) is 24.8 Å². The quantitative estimate of drug-likeness (QED) is 0.799. The Hall–Kier alpha value is -1.06. The molecule has 1 fully saturated rings. The van der Waals surface area contributed by atoms with Crippen LogP contribution in [-0.2, 0) is 9.59 Å². The minimum atomic E-state index is -0.262. The summed E-state index contributed by atoms with van der Waals surface area (Å²) >= 11 is 11.8. The first-order valence-corrected chi connectivity index (χ1v) is 6.02. The Morgan fingerprint density at radius 1 is 1.18 bits per heavy atom. The Morgan fingerprint density at radius 2 is 1.76 bits per heavy atom. The zero-order valence-electron chi connectivity index (χ0n) is 9.17. The standard InChI is InChI=1S/C12H11Cl2NO2/c1-6-10(5-11(16)15-12(6)17)7-2-8(13)4-9(14)3-7/h2-4,6,10H,5H2,1H3,(H,15,16,17). The fourth-order valence-electron chi connectivity index (χ4n) is 2.06. The van der Waals surface area contributed by atoms with Crippen LogP contribution < -0.4 is 5.32 Å². The highest BCUT2D eigenvalue weighted by atomic mass is 35.5. The van der Waals surface area contributed by atoms with E-state index in [1.54, 1.807) is 25.1 Å². The fraction of sp³-hybridized carbons (Fsp3) is 0.333. The van der Waals surface area contributed by atoms with Crippen LogP contribution >= 0.6 is 23.2 Å². The Balaban J connectivity index is 2.37. The molecule has 0 spiro atoms. The van der Waals surface area contributed by atoms with E-state index in [4.69, 9.17) is 23.2 Å². The summed E-state index contributed by atoms with van der Waals surface area (Å²) in [5.41, 5.74) is 0.832. The van der Waals surface area contributed by atoms with Crippen LogP contribution in [0.4, 0.5) is 0 Å². The van der Waals surface area contributed by atoms with Gasteiger partial charge in [0.2, 0.25) is 11.8 Å². The third-order valence-electron chi connectivity index (χ3n) is 3.00. The summed E-state index contributed by atoms with van der Waals surface area (Å²) in [5.74, 6) is -0.925. The van der Waals surface area contributed by atoms with Crippen LogP contribution in [0.15, 0.2) is 18.2 Å². The van der Waals surface area contributed by atoms with Crippen LogP contribution in [0.2, 0.25) is 10.0 Å². The number of halogens is 2. The highest BCUT2D eigenvalue weighted by Crippen LogP contribution is 2.34. The summed E-state index contributed by atoms with van der Waals surface area (Å²) in [6.07, 6.45) is 0.281. The van der Waals surface area contributed by atoms with Crippen molar-refractivity contribution in [2.24, 2.45) is 5.92 Å². The minimum absolute atomic E-state index is 0.160. The van der Waals surface area contributed by atoms with Crippen molar-refractivity contribution in [3.8, 4) is 0 Å². The molecule has 2 rings (SSSR count). The zero-order valence-corrected chi connectivity index (χ0v) is 10.7. The van der Waals surface area contributed by atoms with Gasteiger partial charge in [-0.15, -0.1) is 0 Å². The van der Waals surface area contributed by atoms with Gasteiger partial charge in [-0.05, 0) is 23.8 Å². The molecule has 2 unspecified atom stereocenters. The average molecular weight is 272 g/mol. The highest BCUT2D eigenvalue weighted by molar-refractivity contribution is 6.34. The van der Waals surface area contributed by atoms with E-state index in [0.29, 0.717) is 10.0 Å². The van der Waals surface area contributed by atoms with E-state index in [2.05, 4.69) is 5.32 Å². The first-order chi connectivity index (χ1) is 7.97. The topological polar surface area (TPSA) is 46.2 Å². The summed E-state index contributed by atoms with van der Waals surface area (Å²) in [4.78, 5) is 22.9. The summed E-state index contributed by atoms with van der Waals surface area (Å²) in [6.45, 7) is 1.79. The predicted octanol–water partition coefficient (Wildman–Crippen LogP) is 2.76. The maximum Gasteiger partial charge on any atom is 0.230 e. The van der Waals surface area contributed by atoms with Crippen molar-refractivity contribution in [1.29, 1.82) is 0 Å². The molecule has 1 aliphatic rings. The number of carbonyl (C=O) groups excluding carboxylic acids is 2. The summed E-state index contributed by atoms with van der Waals surface area (Å²) in [7, 11) is 0. The van der Waals surface area contributed by atoms with Crippen LogP contribution in [-0.4, -0.2) is 11.8 Å². The SMILES string of the molecule is CC1C(=O)NC(=O)CC1c1cc(Cl)cc(Cl)c1. The largest absolute Gasteiger partial charge is 0.296 e. The Morgan fingerprint density at radius 3 is 2.35 bits per heavy atom. The first kappa shape index (κ1) is 12.4. The first-order valence-electron chi connectivity index (χ1n) is 5.27. The van der Waals surface area contributed by atoms with Gasteiger partial charge in [0.1, 0.15) is 0 Å². The molecule has 0 aliphatic carbocycles. The second-order valence-electron chi connectivity index (χ2n) is 4.21. The number of rotatable bonds is 1. The zero-order chi connectivity index (χ0) is 12.6. The molecule has 0 radical (unpaired) electrons. The fourth-order valence-corrected chi connectivity index (χ4v) is 2.60. The van der Waals surface area contributed by atoms with E-state index in [9.17, 15) is 9.59 Å². The second kappa shape index (κ2) is 4.67. The lowest BCUT2D eigenvalue weighted by Crippen LogP contribution is -2.43. The van der Waals surface area contributed by atoms with Crippen LogP contribution in [0, 0.1) is 5.92 Å². The maximum atomic E-state index is 11.6. The van der Waals surface area contributed by atoms with E-state index in [0.717, 1.165) is 5.56 Å². The van der Waals surface area contributed by atoms with Gasteiger partial charge in [0, 0.05) is 28.3 Å². The van der Waals surface area contributed by atoms with Crippen molar-refractivity contribution in [3.63, 3.8) is 0 Å². The van der Waals surface area contributed by atoms with Gasteiger partial charge in [0.25, 0.3) is 0 Å². The van der Waals surface area contributed by atoms with Crippen LogP contribution in [0.25, 0.3) is 0 Å². The van der Waals surface area contributed by atoms with Gasteiger partial charge >= 0.3 is 0 Å². The molecule has 1 saturated heterocycles. The summed E-state index contributed by atoms with van der Waals surface area (Å²) in [5, 5.41) is 3.34. The summed E-state index contributed by atoms with van der Waals surface area (Å²) in [6, 6.07) is 5.13. The lowest BCUT2D eigenvalue weighted by atomic mass is 9.81. The third kappa shape index (κ3) is 2.61. The van der Waals surface area contributed by atoms with Gasteiger partial charge in [0.15, 0.2) is 0 Å². The van der Waals surface area contributed by atoms with Crippen LogP contribution in [0.3, 0.4) is 0 Å². The number of benzene rings is 1. The van der Waals surface area contributed by atoms with E-state index in [1.165, 1.54) is 0 Å². The lowest BCUT2D eigenvalue weighted by Gasteiger charge is -2.27. The number of carbonyl (C=O) groups is 2. The van der Waals surface area contributed by atoms with Gasteiger partial charge in [-0.1, -0.05) is 30.1 Å². The van der Waals surface area contributed by atoms with Crippen molar-refractivity contribution in [2.45, 2.75) is 19.3 Å². The van der Waals surface area contributed by atoms with E-state index >= 15 is 0 Å².